The Bertz CT molecular complexity index is 364. The van der Waals surface area contributed by atoms with Crippen molar-refractivity contribution in [3.8, 4) is 5.75 Å². The van der Waals surface area contributed by atoms with E-state index in [0.29, 0.717) is 5.92 Å². The third-order valence-corrected chi connectivity index (χ3v) is 3.95. The van der Waals surface area contributed by atoms with Crippen LogP contribution in [0.3, 0.4) is 0 Å². The highest BCUT2D eigenvalue weighted by atomic mass is 16.5. The molecule has 0 saturated carbocycles. The van der Waals surface area contributed by atoms with E-state index in [0.717, 1.165) is 25.2 Å². The van der Waals surface area contributed by atoms with Gasteiger partial charge in [-0.3, -0.25) is 0 Å². The minimum Gasteiger partial charge on any atom is -0.493 e. The Morgan fingerprint density at radius 1 is 1.15 bits per heavy atom. The van der Waals surface area contributed by atoms with E-state index in [1.54, 1.807) is 0 Å². The standard InChI is InChI=1S/C18H31NO/c1-4-7-9-15(5-2)14-20-18-11-8-10-16(13-18)12-17(19)6-3/h8,10-11,13,15,17H,4-7,9,12,14,19H2,1-3H3. The topological polar surface area (TPSA) is 35.2 Å². The summed E-state index contributed by atoms with van der Waals surface area (Å²) in [5, 5.41) is 0. The molecule has 114 valence electrons. The molecule has 0 saturated heterocycles. The van der Waals surface area contributed by atoms with Crippen LogP contribution < -0.4 is 10.5 Å². The monoisotopic (exact) mass is 277 g/mol. The van der Waals surface area contributed by atoms with Crippen molar-refractivity contribution in [3.05, 3.63) is 29.8 Å². The molecule has 0 bridgehead atoms. The third kappa shape index (κ3) is 6.42. The average molecular weight is 277 g/mol. The Morgan fingerprint density at radius 3 is 2.60 bits per heavy atom. The quantitative estimate of drug-likeness (QED) is 0.680. The van der Waals surface area contributed by atoms with E-state index in [1.807, 2.05) is 6.07 Å². The predicted octanol–water partition coefficient (Wildman–Crippen LogP) is 4.56. The van der Waals surface area contributed by atoms with Crippen molar-refractivity contribution in [1.82, 2.24) is 0 Å². The molecule has 1 aromatic rings. The Hall–Kier alpha value is -1.02. The summed E-state index contributed by atoms with van der Waals surface area (Å²) in [6, 6.07) is 8.64. The van der Waals surface area contributed by atoms with E-state index in [1.165, 1.54) is 31.2 Å². The van der Waals surface area contributed by atoms with Crippen LogP contribution in [0.15, 0.2) is 24.3 Å². The highest BCUT2D eigenvalue weighted by Crippen LogP contribution is 2.18. The lowest BCUT2D eigenvalue weighted by Gasteiger charge is -2.16. The molecule has 2 atom stereocenters. The molecule has 0 aliphatic carbocycles. The molecular weight excluding hydrogens is 246 g/mol. The van der Waals surface area contributed by atoms with Gasteiger partial charge < -0.3 is 10.5 Å². The molecule has 2 unspecified atom stereocenters. The highest BCUT2D eigenvalue weighted by molar-refractivity contribution is 5.29. The first kappa shape index (κ1) is 17.0. The molecule has 0 aliphatic heterocycles. The zero-order valence-corrected chi connectivity index (χ0v) is 13.4. The van der Waals surface area contributed by atoms with Gasteiger partial charge in [0.1, 0.15) is 5.75 Å². The van der Waals surface area contributed by atoms with Crippen LogP contribution in [-0.2, 0) is 6.42 Å². The van der Waals surface area contributed by atoms with Gasteiger partial charge in [0.25, 0.3) is 0 Å². The molecule has 2 heteroatoms. The van der Waals surface area contributed by atoms with Gasteiger partial charge in [0.15, 0.2) is 0 Å². The van der Waals surface area contributed by atoms with E-state index in [-0.39, 0.29) is 6.04 Å². The van der Waals surface area contributed by atoms with Gasteiger partial charge in [0.2, 0.25) is 0 Å². The van der Waals surface area contributed by atoms with E-state index >= 15 is 0 Å². The number of rotatable bonds is 10. The fourth-order valence-corrected chi connectivity index (χ4v) is 2.32. The van der Waals surface area contributed by atoms with Gasteiger partial charge in [-0.1, -0.05) is 52.2 Å². The molecule has 0 aromatic heterocycles. The van der Waals surface area contributed by atoms with Crippen molar-refractivity contribution < 1.29 is 4.74 Å². The first-order valence-corrected chi connectivity index (χ1v) is 8.16. The molecule has 20 heavy (non-hydrogen) atoms. The molecule has 0 fully saturated rings. The van der Waals surface area contributed by atoms with Crippen LogP contribution in [0.1, 0.15) is 58.4 Å². The molecule has 0 spiro atoms. The van der Waals surface area contributed by atoms with E-state index in [4.69, 9.17) is 10.5 Å². The fourth-order valence-electron chi connectivity index (χ4n) is 2.32. The summed E-state index contributed by atoms with van der Waals surface area (Å²) in [6.07, 6.45) is 6.97. The molecule has 0 radical (unpaired) electrons. The summed E-state index contributed by atoms with van der Waals surface area (Å²) >= 11 is 0. The molecule has 0 amide bonds. The minimum atomic E-state index is 0.248. The minimum absolute atomic E-state index is 0.248. The van der Waals surface area contributed by atoms with Crippen LogP contribution in [0.5, 0.6) is 5.75 Å². The lowest BCUT2D eigenvalue weighted by molar-refractivity contribution is 0.233. The predicted molar refractivity (Wildman–Crippen MR) is 87.2 cm³/mol. The molecule has 0 aliphatic rings. The Morgan fingerprint density at radius 2 is 1.95 bits per heavy atom. The van der Waals surface area contributed by atoms with Crippen LogP contribution in [0, 0.1) is 5.92 Å². The first-order valence-electron chi connectivity index (χ1n) is 8.16. The second-order valence-corrected chi connectivity index (χ2v) is 5.75. The molecule has 2 N–H and O–H groups in total. The van der Waals surface area contributed by atoms with Gasteiger partial charge in [-0.15, -0.1) is 0 Å². The van der Waals surface area contributed by atoms with Crippen LogP contribution in [-0.4, -0.2) is 12.6 Å². The fraction of sp³-hybridized carbons (Fsp3) is 0.667. The highest BCUT2D eigenvalue weighted by Gasteiger charge is 2.08. The van der Waals surface area contributed by atoms with Gasteiger partial charge in [0.05, 0.1) is 6.61 Å². The molecule has 0 heterocycles. The zero-order valence-electron chi connectivity index (χ0n) is 13.4. The molecule has 2 nitrogen and oxygen atoms in total. The lowest BCUT2D eigenvalue weighted by Crippen LogP contribution is -2.21. The number of hydrogen-bond donors (Lipinski definition) is 1. The van der Waals surface area contributed by atoms with E-state index < -0.39 is 0 Å². The average Bonchev–Trinajstić information content (AvgIpc) is 2.47. The smallest absolute Gasteiger partial charge is 0.119 e. The van der Waals surface area contributed by atoms with Crippen molar-refractivity contribution >= 4 is 0 Å². The number of unbranched alkanes of at least 4 members (excludes halogenated alkanes) is 1. The van der Waals surface area contributed by atoms with Crippen LogP contribution >= 0.6 is 0 Å². The number of hydrogen-bond acceptors (Lipinski definition) is 2. The SMILES string of the molecule is CCCCC(CC)COc1cccc(CC(N)CC)c1. The van der Waals surface area contributed by atoms with Crippen molar-refractivity contribution in [1.29, 1.82) is 0 Å². The normalized spacial score (nSPS) is 14.0. The molecular formula is C18H31NO. The third-order valence-electron chi connectivity index (χ3n) is 3.95. The van der Waals surface area contributed by atoms with E-state index in [2.05, 4.69) is 39.0 Å². The lowest BCUT2D eigenvalue weighted by atomic mass is 10.0. The summed E-state index contributed by atoms with van der Waals surface area (Å²) in [7, 11) is 0. The van der Waals surface area contributed by atoms with Crippen LogP contribution in [0.25, 0.3) is 0 Å². The van der Waals surface area contributed by atoms with E-state index in [9.17, 15) is 0 Å². The Labute approximate surface area is 124 Å². The maximum atomic E-state index is 6.01. The second kappa shape index (κ2) is 9.82. The summed E-state index contributed by atoms with van der Waals surface area (Å²) in [5.74, 6) is 1.66. The number of ether oxygens (including phenoxy) is 1. The van der Waals surface area contributed by atoms with Crippen molar-refractivity contribution in [2.75, 3.05) is 6.61 Å². The summed E-state index contributed by atoms with van der Waals surface area (Å²) in [6.45, 7) is 7.46. The summed E-state index contributed by atoms with van der Waals surface area (Å²) in [4.78, 5) is 0. The molecule has 1 rings (SSSR count). The summed E-state index contributed by atoms with van der Waals surface area (Å²) < 4.78 is 5.97. The zero-order chi connectivity index (χ0) is 14.8. The Kier molecular flexibility index (Phi) is 8.36. The van der Waals surface area contributed by atoms with Gasteiger partial charge in [0, 0.05) is 6.04 Å². The van der Waals surface area contributed by atoms with Gasteiger partial charge in [-0.05, 0) is 42.9 Å². The molecule has 1 aromatic carbocycles. The maximum absolute atomic E-state index is 6.01. The van der Waals surface area contributed by atoms with Gasteiger partial charge >= 0.3 is 0 Å². The van der Waals surface area contributed by atoms with Gasteiger partial charge in [-0.2, -0.15) is 0 Å². The maximum Gasteiger partial charge on any atom is 0.119 e. The van der Waals surface area contributed by atoms with Crippen molar-refractivity contribution in [2.24, 2.45) is 11.7 Å². The number of nitrogens with two attached hydrogens (primary N) is 1. The number of benzene rings is 1. The van der Waals surface area contributed by atoms with Crippen molar-refractivity contribution in [3.63, 3.8) is 0 Å². The largest absolute Gasteiger partial charge is 0.493 e. The van der Waals surface area contributed by atoms with Crippen LogP contribution in [0.2, 0.25) is 0 Å². The van der Waals surface area contributed by atoms with Gasteiger partial charge in [-0.25, -0.2) is 0 Å². The summed E-state index contributed by atoms with van der Waals surface area (Å²) in [5.41, 5.74) is 7.29. The first-order chi connectivity index (χ1) is 9.69. The van der Waals surface area contributed by atoms with Crippen LogP contribution in [0.4, 0.5) is 0 Å². The second-order valence-electron chi connectivity index (χ2n) is 5.75. The van der Waals surface area contributed by atoms with Crippen molar-refractivity contribution in [2.45, 2.75) is 65.3 Å². The Balaban J connectivity index is 2.48.